The van der Waals surface area contributed by atoms with Crippen molar-refractivity contribution in [2.75, 3.05) is 0 Å². The predicted octanol–water partition coefficient (Wildman–Crippen LogP) is 4.11. The van der Waals surface area contributed by atoms with Crippen molar-refractivity contribution in [2.24, 2.45) is 7.05 Å². The van der Waals surface area contributed by atoms with Crippen LogP contribution in [0.3, 0.4) is 0 Å². The van der Waals surface area contributed by atoms with E-state index in [4.69, 9.17) is 0 Å². The van der Waals surface area contributed by atoms with Crippen molar-refractivity contribution >= 4 is 16.6 Å². The van der Waals surface area contributed by atoms with Crippen molar-refractivity contribution in [2.45, 2.75) is 12.8 Å². The number of imidazole rings is 1. The zero-order valence-corrected chi connectivity index (χ0v) is 15.7. The topological polar surface area (TPSA) is 60.9 Å². The first-order valence-corrected chi connectivity index (χ1v) is 9.09. The van der Waals surface area contributed by atoms with Crippen molar-refractivity contribution in [3.8, 4) is 11.3 Å². The van der Waals surface area contributed by atoms with Gasteiger partial charge in [0.25, 0.3) is 0 Å². The van der Waals surface area contributed by atoms with Gasteiger partial charge >= 0.3 is 0 Å². The number of aromatic nitrogens is 6. The fraction of sp³-hybridized carbons (Fsp3) is 0.143. The normalized spacial score (nSPS) is 12.7. The lowest BCUT2D eigenvalue weighted by molar-refractivity contribution is 0.551. The first kappa shape index (κ1) is 17.4. The van der Waals surface area contributed by atoms with Crippen LogP contribution in [0.15, 0.2) is 55.1 Å². The molecule has 0 saturated carbocycles. The van der Waals surface area contributed by atoms with Gasteiger partial charge in [-0.2, -0.15) is 10.2 Å². The van der Waals surface area contributed by atoms with E-state index in [0.717, 1.165) is 5.56 Å². The number of halogens is 2. The third-order valence-electron chi connectivity index (χ3n) is 5.10. The van der Waals surface area contributed by atoms with E-state index in [0.29, 0.717) is 17.0 Å². The molecule has 1 atom stereocenters. The zero-order valence-electron chi connectivity index (χ0n) is 15.7. The maximum Gasteiger partial charge on any atom is 0.153 e. The Hall–Kier alpha value is -3.68. The average Bonchev–Trinajstić information content (AvgIpc) is 3.33. The van der Waals surface area contributed by atoms with Crippen LogP contribution in [0.4, 0.5) is 8.78 Å². The second-order valence-electron chi connectivity index (χ2n) is 6.95. The summed E-state index contributed by atoms with van der Waals surface area (Å²) in [5, 5.41) is 9.08. The number of benzene rings is 1. The van der Waals surface area contributed by atoms with Gasteiger partial charge in [0.05, 0.1) is 29.3 Å². The fourth-order valence-electron chi connectivity index (χ4n) is 3.60. The van der Waals surface area contributed by atoms with Crippen molar-refractivity contribution in [1.29, 1.82) is 0 Å². The molecule has 144 valence electrons. The van der Waals surface area contributed by atoms with Crippen LogP contribution in [0, 0.1) is 11.6 Å². The third-order valence-corrected chi connectivity index (χ3v) is 5.10. The summed E-state index contributed by atoms with van der Waals surface area (Å²) in [6.07, 6.45) is 6.68. The summed E-state index contributed by atoms with van der Waals surface area (Å²) in [4.78, 5) is 8.39. The molecule has 8 heteroatoms. The van der Waals surface area contributed by atoms with Gasteiger partial charge in [-0.15, -0.1) is 0 Å². The van der Waals surface area contributed by atoms with E-state index in [1.54, 1.807) is 40.6 Å². The molecule has 0 N–H and O–H groups in total. The summed E-state index contributed by atoms with van der Waals surface area (Å²) in [5.74, 6) is -1.86. The summed E-state index contributed by atoms with van der Waals surface area (Å²) >= 11 is 0. The molecule has 0 spiro atoms. The van der Waals surface area contributed by atoms with Gasteiger partial charge in [-0.05, 0) is 24.3 Å². The van der Waals surface area contributed by atoms with Gasteiger partial charge in [0.2, 0.25) is 0 Å². The Morgan fingerprint density at radius 3 is 2.72 bits per heavy atom. The maximum atomic E-state index is 15.2. The second kappa shape index (κ2) is 6.44. The van der Waals surface area contributed by atoms with Gasteiger partial charge in [-0.25, -0.2) is 18.3 Å². The lowest BCUT2D eigenvalue weighted by Gasteiger charge is -2.15. The fourth-order valence-corrected chi connectivity index (χ4v) is 3.60. The molecule has 4 aromatic heterocycles. The molecule has 5 rings (SSSR count). The van der Waals surface area contributed by atoms with Crippen molar-refractivity contribution < 1.29 is 8.78 Å². The molecular formula is C21H16F2N6. The van der Waals surface area contributed by atoms with Crippen LogP contribution >= 0.6 is 0 Å². The van der Waals surface area contributed by atoms with Crippen molar-refractivity contribution in [3.05, 3.63) is 78.0 Å². The van der Waals surface area contributed by atoms with Crippen LogP contribution in [0.25, 0.3) is 27.8 Å². The first-order valence-electron chi connectivity index (χ1n) is 9.09. The summed E-state index contributed by atoms with van der Waals surface area (Å²) in [6.45, 7) is 1.74. The van der Waals surface area contributed by atoms with E-state index in [1.807, 2.05) is 25.4 Å². The van der Waals surface area contributed by atoms with E-state index < -0.39 is 17.6 Å². The molecular weight excluding hydrogens is 374 g/mol. The van der Waals surface area contributed by atoms with Gasteiger partial charge in [0.15, 0.2) is 5.65 Å². The van der Waals surface area contributed by atoms with Gasteiger partial charge in [-0.1, -0.05) is 6.92 Å². The zero-order chi connectivity index (χ0) is 20.1. The van der Waals surface area contributed by atoms with E-state index in [9.17, 15) is 4.39 Å². The van der Waals surface area contributed by atoms with Gasteiger partial charge in [0.1, 0.15) is 11.6 Å². The minimum absolute atomic E-state index is 0.0270. The number of aryl methyl sites for hydroxylation is 1. The molecule has 0 aliphatic carbocycles. The van der Waals surface area contributed by atoms with Crippen LogP contribution in [-0.2, 0) is 7.05 Å². The Bertz CT molecular complexity index is 1370. The lowest BCUT2D eigenvalue weighted by Crippen LogP contribution is -2.08. The Kier molecular flexibility index (Phi) is 3.87. The molecule has 1 aromatic carbocycles. The third kappa shape index (κ3) is 2.75. The van der Waals surface area contributed by atoms with Crippen molar-refractivity contribution in [1.82, 2.24) is 29.4 Å². The van der Waals surface area contributed by atoms with E-state index >= 15 is 4.39 Å². The quantitative estimate of drug-likeness (QED) is 0.465. The number of hydrogen-bond acceptors (Lipinski definition) is 4. The van der Waals surface area contributed by atoms with E-state index in [2.05, 4.69) is 20.2 Å². The number of fused-ring (bicyclic) bond motifs is 2. The van der Waals surface area contributed by atoms with Gasteiger partial charge < -0.3 is 0 Å². The smallest absolute Gasteiger partial charge is 0.153 e. The van der Waals surface area contributed by atoms with Crippen LogP contribution in [0.5, 0.6) is 0 Å². The molecule has 0 aliphatic rings. The first-order chi connectivity index (χ1) is 14.0. The molecule has 0 amide bonds. The second-order valence-corrected chi connectivity index (χ2v) is 6.95. The van der Waals surface area contributed by atoms with E-state index in [-0.39, 0.29) is 16.5 Å². The summed E-state index contributed by atoms with van der Waals surface area (Å²) < 4.78 is 33.3. The highest BCUT2D eigenvalue weighted by Crippen LogP contribution is 2.33. The number of nitrogens with zero attached hydrogens (tertiary/aromatic N) is 6. The monoisotopic (exact) mass is 390 g/mol. The van der Waals surface area contributed by atoms with E-state index in [1.165, 1.54) is 12.3 Å². The predicted molar refractivity (Wildman–Crippen MR) is 104 cm³/mol. The van der Waals surface area contributed by atoms with Crippen LogP contribution in [0.1, 0.15) is 24.1 Å². The minimum atomic E-state index is -0.639. The molecule has 6 nitrogen and oxygen atoms in total. The number of hydrogen-bond donors (Lipinski definition) is 0. The van der Waals surface area contributed by atoms with Crippen LogP contribution in [0.2, 0.25) is 0 Å². The number of rotatable bonds is 3. The Balaban J connectivity index is 1.67. The molecule has 4 heterocycles. The molecule has 0 aliphatic heterocycles. The standard InChI is InChI=1S/C21H16F2N6/c1-12(20-15(22)8-17-14(21(20)23)4-3-7-24-17)18-10-25-19-6-5-16(27-29(18)19)13-9-26-28(2)11-13/h3-12H,1-2H3/t12-/m0/s1. The molecule has 29 heavy (non-hydrogen) atoms. The summed E-state index contributed by atoms with van der Waals surface area (Å²) in [6, 6.07) is 8.16. The van der Waals surface area contributed by atoms with Gasteiger partial charge in [0, 0.05) is 47.9 Å². The lowest BCUT2D eigenvalue weighted by atomic mass is 9.95. The summed E-state index contributed by atoms with van der Waals surface area (Å²) in [7, 11) is 1.83. The minimum Gasteiger partial charge on any atom is -0.275 e. The SMILES string of the molecule is C[C@H](c1c(F)cc2ncccc2c1F)c1cnc2ccc(-c3cnn(C)c3)nn12. The molecule has 5 aromatic rings. The van der Waals surface area contributed by atoms with Crippen LogP contribution in [-0.4, -0.2) is 29.4 Å². The Morgan fingerprint density at radius 1 is 1.07 bits per heavy atom. The highest BCUT2D eigenvalue weighted by Gasteiger charge is 2.24. The molecule has 0 fully saturated rings. The van der Waals surface area contributed by atoms with Gasteiger partial charge in [-0.3, -0.25) is 9.67 Å². The van der Waals surface area contributed by atoms with Crippen molar-refractivity contribution in [3.63, 3.8) is 0 Å². The maximum absolute atomic E-state index is 15.2. The Labute approximate surface area is 164 Å². The summed E-state index contributed by atoms with van der Waals surface area (Å²) in [5.41, 5.74) is 2.99. The Morgan fingerprint density at radius 2 is 1.93 bits per heavy atom. The van der Waals surface area contributed by atoms with Crippen LogP contribution < -0.4 is 0 Å². The molecule has 0 unspecified atom stereocenters. The molecule has 0 bridgehead atoms. The molecule has 0 saturated heterocycles. The number of pyridine rings is 1. The largest absolute Gasteiger partial charge is 0.275 e. The average molecular weight is 390 g/mol. The highest BCUT2D eigenvalue weighted by molar-refractivity contribution is 5.80. The highest BCUT2D eigenvalue weighted by atomic mass is 19.1. The molecule has 0 radical (unpaired) electrons.